The summed E-state index contributed by atoms with van der Waals surface area (Å²) in [4.78, 5) is 37.8. The maximum atomic E-state index is 12.5. The van der Waals surface area contributed by atoms with Gasteiger partial charge < -0.3 is 19.5 Å². The number of nitrogens with zero attached hydrogens (tertiary/aromatic N) is 2. The van der Waals surface area contributed by atoms with E-state index in [1.165, 1.54) is 13.2 Å². The van der Waals surface area contributed by atoms with Crippen molar-refractivity contribution < 1.29 is 14.3 Å². The summed E-state index contributed by atoms with van der Waals surface area (Å²) in [7, 11) is 1.43. The van der Waals surface area contributed by atoms with Gasteiger partial charge in [0.1, 0.15) is 5.69 Å². The quantitative estimate of drug-likeness (QED) is 0.866. The van der Waals surface area contributed by atoms with Gasteiger partial charge in [-0.1, -0.05) is 20.8 Å². The van der Waals surface area contributed by atoms with Crippen molar-refractivity contribution in [3.8, 4) is 5.75 Å². The number of methoxy groups -OCH3 is 1. The van der Waals surface area contributed by atoms with Crippen LogP contribution < -0.4 is 15.5 Å². The molecule has 0 aliphatic carbocycles. The van der Waals surface area contributed by atoms with Gasteiger partial charge in [0.15, 0.2) is 5.75 Å². The molecule has 1 aliphatic rings. The molecule has 132 valence electrons. The Labute approximate surface area is 141 Å². The standard InChI is InChI=1S/C17H25N3O4/c1-17(2,3)10-15(22)18-5-6-19-7-8-20-11-14(24-4)13(21)9-12(20)16(19)23/h9,11H,5-8,10H2,1-4H3,(H,18,22). The van der Waals surface area contributed by atoms with Crippen LogP contribution in [0.4, 0.5) is 0 Å². The fourth-order valence-electron chi connectivity index (χ4n) is 2.66. The number of carbonyl (C=O) groups is 2. The van der Waals surface area contributed by atoms with Gasteiger partial charge in [0.25, 0.3) is 5.91 Å². The molecule has 7 heteroatoms. The minimum atomic E-state index is -0.308. The Morgan fingerprint density at radius 1 is 1.29 bits per heavy atom. The van der Waals surface area contributed by atoms with E-state index >= 15 is 0 Å². The Kier molecular flexibility index (Phi) is 5.31. The number of fused-ring (bicyclic) bond motifs is 1. The lowest BCUT2D eigenvalue weighted by Crippen LogP contribution is -2.45. The molecule has 0 aromatic carbocycles. The molecule has 0 unspecified atom stereocenters. The van der Waals surface area contributed by atoms with Crippen LogP contribution in [0.15, 0.2) is 17.1 Å². The Balaban J connectivity index is 1.96. The second-order valence-electron chi connectivity index (χ2n) is 7.16. The average molecular weight is 335 g/mol. The molecule has 0 bridgehead atoms. The molecule has 0 saturated carbocycles. The van der Waals surface area contributed by atoms with Crippen molar-refractivity contribution in [1.29, 1.82) is 0 Å². The molecular weight excluding hydrogens is 310 g/mol. The second kappa shape index (κ2) is 7.07. The van der Waals surface area contributed by atoms with Gasteiger partial charge >= 0.3 is 0 Å². The monoisotopic (exact) mass is 335 g/mol. The van der Waals surface area contributed by atoms with Gasteiger partial charge in [0.2, 0.25) is 11.3 Å². The summed E-state index contributed by atoms with van der Waals surface area (Å²) in [5.41, 5.74) is -0.0185. The molecule has 0 spiro atoms. The first kappa shape index (κ1) is 18.0. The third-order valence-corrected chi connectivity index (χ3v) is 3.83. The van der Waals surface area contributed by atoms with Gasteiger partial charge in [0, 0.05) is 38.7 Å². The molecule has 0 atom stereocenters. The predicted molar refractivity (Wildman–Crippen MR) is 90.2 cm³/mol. The highest BCUT2D eigenvalue weighted by Gasteiger charge is 2.25. The molecule has 0 saturated heterocycles. The average Bonchev–Trinajstić information content (AvgIpc) is 2.48. The molecule has 2 rings (SSSR count). The van der Waals surface area contributed by atoms with Gasteiger partial charge in [-0.3, -0.25) is 14.4 Å². The van der Waals surface area contributed by atoms with Crippen molar-refractivity contribution in [3.05, 3.63) is 28.2 Å². The number of hydrogen-bond acceptors (Lipinski definition) is 4. The first-order chi connectivity index (χ1) is 11.2. The Bertz CT molecular complexity index is 688. The largest absolute Gasteiger partial charge is 0.491 e. The van der Waals surface area contributed by atoms with Crippen molar-refractivity contribution in [2.75, 3.05) is 26.7 Å². The fraction of sp³-hybridized carbons (Fsp3) is 0.588. The van der Waals surface area contributed by atoms with Crippen LogP contribution in [0.1, 0.15) is 37.7 Å². The highest BCUT2D eigenvalue weighted by atomic mass is 16.5. The van der Waals surface area contributed by atoms with E-state index in [4.69, 9.17) is 4.74 Å². The maximum Gasteiger partial charge on any atom is 0.270 e. The number of aromatic nitrogens is 1. The van der Waals surface area contributed by atoms with Crippen LogP contribution in [0.5, 0.6) is 5.75 Å². The fourth-order valence-corrected chi connectivity index (χ4v) is 2.66. The zero-order valence-corrected chi connectivity index (χ0v) is 14.7. The molecule has 24 heavy (non-hydrogen) atoms. The molecule has 1 N–H and O–H groups in total. The SMILES string of the molecule is COc1cn2c(cc1=O)C(=O)N(CCNC(=O)CC(C)(C)C)CC2. The molecule has 1 aromatic rings. The Morgan fingerprint density at radius 2 is 2.00 bits per heavy atom. The van der Waals surface area contributed by atoms with Gasteiger partial charge in [-0.05, 0) is 5.41 Å². The third kappa shape index (κ3) is 4.37. The van der Waals surface area contributed by atoms with Gasteiger partial charge in [-0.15, -0.1) is 0 Å². The van der Waals surface area contributed by atoms with Crippen LogP contribution in [0, 0.1) is 5.41 Å². The van der Waals surface area contributed by atoms with Gasteiger partial charge in [-0.2, -0.15) is 0 Å². The van der Waals surface area contributed by atoms with Gasteiger partial charge in [0.05, 0.1) is 13.3 Å². The van der Waals surface area contributed by atoms with Crippen molar-refractivity contribution in [2.45, 2.75) is 33.7 Å². The molecule has 7 nitrogen and oxygen atoms in total. The lowest BCUT2D eigenvalue weighted by molar-refractivity contribution is -0.122. The minimum absolute atomic E-state index is 0.0201. The summed E-state index contributed by atoms with van der Waals surface area (Å²) in [5.74, 6) is 0.00818. The number of carbonyl (C=O) groups excluding carboxylic acids is 2. The molecule has 2 amide bonds. The summed E-state index contributed by atoms with van der Waals surface area (Å²) < 4.78 is 6.73. The van der Waals surface area contributed by atoms with Crippen molar-refractivity contribution in [2.24, 2.45) is 5.41 Å². The number of pyridine rings is 1. The Hall–Kier alpha value is -2.31. The van der Waals surface area contributed by atoms with E-state index in [9.17, 15) is 14.4 Å². The van der Waals surface area contributed by atoms with E-state index in [1.54, 1.807) is 15.7 Å². The molecule has 1 aromatic heterocycles. The summed E-state index contributed by atoms with van der Waals surface area (Å²) in [6, 6.07) is 1.31. The maximum absolute atomic E-state index is 12.5. The summed E-state index contributed by atoms with van der Waals surface area (Å²) in [5, 5.41) is 2.84. The third-order valence-electron chi connectivity index (χ3n) is 3.83. The van der Waals surface area contributed by atoms with E-state index in [2.05, 4.69) is 5.32 Å². The van der Waals surface area contributed by atoms with E-state index in [1.807, 2.05) is 20.8 Å². The second-order valence-corrected chi connectivity index (χ2v) is 7.16. The van der Waals surface area contributed by atoms with Crippen LogP contribution in [-0.4, -0.2) is 48.0 Å². The normalized spacial score (nSPS) is 14.3. The smallest absolute Gasteiger partial charge is 0.270 e. The number of amides is 2. The number of rotatable bonds is 5. The lowest BCUT2D eigenvalue weighted by atomic mass is 9.92. The number of hydrogen-bond donors (Lipinski definition) is 1. The van der Waals surface area contributed by atoms with E-state index in [0.29, 0.717) is 38.3 Å². The van der Waals surface area contributed by atoms with Crippen LogP contribution in [0.2, 0.25) is 0 Å². The topological polar surface area (TPSA) is 80.6 Å². The van der Waals surface area contributed by atoms with Crippen molar-refractivity contribution in [3.63, 3.8) is 0 Å². The number of ether oxygens (including phenoxy) is 1. The van der Waals surface area contributed by atoms with Crippen LogP contribution in [0.3, 0.4) is 0 Å². The van der Waals surface area contributed by atoms with Crippen LogP contribution in [0.25, 0.3) is 0 Å². The van der Waals surface area contributed by atoms with Crippen LogP contribution >= 0.6 is 0 Å². The summed E-state index contributed by atoms with van der Waals surface area (Å²) in [6.07, 6.45) is 2.01. The highest BCUT2D eigenvalue weighted by Crippen LogP contribution is 2.18. The van der Waals surface area contributed by atoms with Crippen LogP contribution in [-0.2, 0) is 11.3 Å². The van der Waals surface area contributed by atoms with Crippen molar-refractivity contribution in [1.82, 2.24) is 14.8 Å². The predicted octanol–water partition coefficient (Wildman–Crippen LogP) is 0.865. The van der Waals surface area contributed by atoms with E-state index in [-0.39, 0.29) is 28.4 Å². The van der Waals surface area contributed by atoms with Gasteiger partial charge in [-0.25, -0.2) is 0 Å². The molecule has 0 radical (unpaired) electrons. The number of nitrogens with one attached hydrogen (secondary N) is 1. The zero-order chi connectivity index (χ0) is 17.9. The molecule has 2 heterocycles. The first-order valence-electron chi connectivity index (χ1n) is 8.06. The van der Waals surface area contributed by atoms with E-state index < -0.39 is 0 Å². The Morgan fingerprint density at radius 3 is 2.62 bits per heavy atom. The highest BCUT2D eigenvalue weighted by molar-refractivity contribution is 5.93. The minimum Gasteiger partial charge on any atom is -0.491 e. The summed E-state index contributed by atoms with van der Waals surface area (Å²) >= 11 is 0. The molecule has 0 fully saturated rings. The molecule has 1 aliphatic heterocycles. The lowest BCUT2D eigenvalue weighted by Gasteiger charge is -2.30. The van der Waals surface area contributed by atoms with Crippen molar-refractivity contribution >= 4 is 11.8 Å². The van der Waals surface area contributed by atoms with E-state index in [0.717, 1.165) is 0 Å². The summed E-state index contributed by atoms with van der Waals surface area (Å²) in [6.45, 7) is 7.97. The zero-order valence-electron chi connectivity index (χ0n) is 14.7. The first-order valence-corrected chi connectivity index (χ1v) is 8.06. The molecular formula is C17H25N3O4.